The fourth-order valence-electron chi connectivity index (χ4n) is 1.33. The summed E-state index contributed by atoms with van der Waals surface area (Å²) in [6, 6.07) is 7.09. The number of hydrogen-bond acceptors (Lipinski definition) is 5. The Kier molecular flexibility index (Phi) is 4.41. The summed E-state index contributed by atoms with van der Waals surface area (Å²) >= 11 is 0. The Balaban J connectivity index is 1.73. The number of benzene rings is 1. The van der Waals surface area contributed by atoms with E-state index in [1.54, 1.807) is 31.2 Å². The Morgan fingerprint density at radius 2 is 1.89 bits per heavy atom. The van der Waals surface area contributed by atoms with Gasteiger partial charge in [0.15, 0.2) is 6.61 Å². The Morgan fingerprint density at radius 3 is 2.44 bits per heavy atom. The van der Waals surface area contributed by atoms with E-state index in [-0.39, 0.29) is 18.7 Å². The smallest absolute Gasteiger partial charge is 0.344 e. The van der Waals surface area contributed by atoms with Crippen LogP contribution in [0, 0.1) is 0 Å². The lowest BCUT2D eigenvalue weighted by molar-refractivity contribution is -0.145. The van der Waals surface area contributed by atoms with Crippen LogP contribution in [0.1, 0.15) is 6.92 Å². The van der Waals surface area contributed by atoms with Crippen LogP contribution in [0.5, 0.6) is 11.5 Å². The molecule has 1 atom stereocenters. The van der Waals surface area contributed by atoms with Crippen molar-refractivity contribution in [2.24, 2.45) is 0 Å². The molecule has 1 aromatic carbocycles. The number of rotatable bonds is 7. The topological polar surface area (TPSA) is 57.3 Å². The van der Waals surface area contributed by atoms with E-state index in [1.165, 1.54) is 0 Å². The van der Waals surface area contributed by atoms with Crippen molar-refractivity contribution in [3.63, 3.8) is 0 Å². The lowest BCUT2D eigenvalue weighted by atomic mass is 10.3. The zero-order chi connectivity index (χ0) is 12.8. The molecule has 0 spiro atoms. The van der Waals surface area contributed by atoms with Crippen LogP contribution in [0.4, 0.5) is 0 Å². The molecule has 1 aliphatic heterocycles. The Morgan fingerprint density at radius 1 is 1.28 bits per heavy atom. The molecule has 18 heavy (non-hydrogen) atoms. The van der Waals surface area contributed by atoms with Crippen molar-refractivity contribution in [2.75, 3.05) is 26.4 Å². The molecule has 1 heterocycles. The predicted molar refractivity (Wildman–Crippen MR) is 63.8 cm³/mol. The molecule has 98 valence electrons. The second-order valence-electron chi connectivity index (χ2n) is 3.83. The van der Waals surface area contributed by atoms with E-state index < -0.39 is 0 Å². The molecule has 1 saturated heterocycles. The van der Waals surface area contributed by atoms with Gasteiger partial charge in [0.1, 0.15) is 24.2 Å². The van der Waals surface area contributed by atoms with Crippen molar-refractivity contribution in [3.8, 4) is 11.5 Å². The van der Waals surface area contributed by atoms with Crippen LogP contribution in [-0.2, 0) is 14.3 Å². The van der Waals surface area contributed by atoms with Crippen LogP contribution in [0.3, 0.4) is 0 Å². The first-order chi connectivity index (χ1) is 8.78. The van der Waals surface area contributed by atoms with Gasteiger partial charge >= 0.3 is 5.97 Å². The van der Waals surface area contributed by atoms with Gasteiger partial charge in [0.05, 0.1) is 13.2 Å². The Labute approximate surface area is 106 Å². The SMILES string of the molecule is CCOC(=O)COc1ccc(OCC2CO2)cc1. The minimum absolute atomic E-state index is 0.0794. The monoisotopic (exact) mass is 252 g/mol. The van der Waals surface area contributed by atoms with Crippen molar-refractivity contribution in [2.45, 2.75) is 13.0 Å². The van der Waals surface area contributed by atoms with E-state index in [2.05, 4.69) is 0 Å². The zero-order valence-electron chi connectivity index (χ0n) is 10.3. The minimum atomic E-state index is -0.372. The molecule has 0 radical (unpaired) electrons. The van der Waals surface area contributed by atoms with Gasteiger partial charge in [-0.25, -0.2) is 4.79 Å². The van der Waals surface area contributed by atoms with Crippen molar-refractivity contribution >= 4 is 5.97 Å². The summed E-state index contributed by atoms with van der Waals surface area (Å²) < 4.78 is 20.5. The first kappa shape index (κ1) is 12.7. The van der Waals surface area contributed by atoms with Crippen LogP contribution in [0.2, 0.25) is 0 Å². The predicted octanol–water partition coefficient (Wildman–Crippen LogP) is 1.41. The molecule has 0 aromatic heterocycles. The summed E-state index contributed by atoms with van der Waals surface area (Å²) in [4.78, 5) is 11.1. The summed E-state index contributed by atoms with van der Waals surface area (Å²) in [7, 11) is 0. The third-order valence-electron chi connectivity index (χ3n) is 2.32. The summed E-state index contributed by atoms with van der Waals surface area (Å²) in [5.74, 6) is 0.996. The second-order valence-corrected chi connectivity index (χ2v) is 3.83. The summed E-state index contributed by atoms with van der Waals surface area (Å²) in [6.07, 6.45) is 0.241. The summed E-state index contributed by atoms with van der Waals surface area (Å²) in [6.45, 7) is 3.39. The van der Waals surface area contributed by atoms with Gasteiger partial charge in [-0.3, -0.25) is 0 Å². The van der Waals surface area contributed by atoms with Gasteiger partial charge in [0.25, 0.3) is 0 Å². The van der Waals surface area contributed by atoms with Crippen LogP contribution >= 0.6 is 0 Å². The Bertz CT molecular complexity index is 383. The third kappa shape index (κ3) is 4.25. The number of epoxide rings is 1. The molecule has 1 fully saturated rings. The van der Waals surface area contributed by atoms with Gasteiger partial charge in [-0.15, -0.1) is 0 Å². The van der Waals surface area contributed by atoms with Crippen LogP contribution in [0.25, 0.3) is 0 Å². The maximum atomic E-state index is 11.1. The number of carbonyl (C=O) groups is 1. The maximum absolute atomic E-state index is 11.1. The van der Waals surface area contributed by atoms with Gasteiger partial charge < -0.3 is 18.9 Å². The zero-order valence-corrected chi connectivity index (χ0v) is 10.3. The van der Waals surface area contributed by atoms with Gasteiger partial charge in [-0.05, 0) is 31.2 Å². The average molecular weight is 252 g/mol. The molecular weight excluding hydrogens is 236 g/mol. The molecule has 5 heteroatoms. The van der Waals surface area contributed by atoms with E-state index >= 15 is 0 Å². The van der Waals surface area contributed by atoms with Gasteiger partial charge in [-0.2, -0.15) is 0 Å². The van der Waals surface area contributed by atoms with Crippen LogP contribution in [0.15, 0.2) is 24.3 Å². The average Bonchev–Trinajstić information content (AvgIpc) is 3.19. The molecule has 0 N–H and O–H groups in total. The first-order valence-electron chi connectivity index (χ1n) is 5.91. The van der Waals surface area contributed by atoms with Crippen molar-refractivity contribution in [3.05, 3.63) is 24.3 Å². The number of hydrogen-bond donors (Lipinski definition) is 0. The molecule has 0 amide bonds. The number of ether oxygens (including phenoxy) is 4. The normalized spacial score (nSPS) is 17.1. The van der Waals surface area contributed by atoms with Gasteiger partial charge in [0, 0.05) is 0 Å². The van der Waals surface area contributed by atoms with Gasteiger partial charge in [0.2, 0.25) is 0 Å². The first-order valence-corrected chi connectivity index (χ1v) is 5.91. The van der Waals surface area contributed by atoms with E-state index in [0.717, 1.165) is 12.4 Å². The highest BCUT2D eigenvalue weighted by Crippen LogP contribution is 2.19. The molecule has 1 unspecified atom stereocenters. The van der Waals surface area contributed by atoms with Crippen molar-refractivity contribution in [1.82, 2.24) is 0 Å². The van der Waals surface area contributed by atoms with E-state index in [4.69, 9.17) is 18.9 Å². The van der Waals surface area contributed by atoms with E-state index in [0.29, 0.717) is 19.0 Å². The molecule has 1 aromatic rings. The highest BCUT2D eigenvalue weighted by atomic mass is 16.6. The lowest BCUT2D eigenvalue weighted by Crippen LogP contribution is -2.14. The van der Waals surface area contributed by atoms with Crippen molar-refractivity contribution < 1.29 is 23.7 Å². The quantitative estimate of drug-likeness (QED) is 0.542. The molecule has 0 aliphatic carbocycles. The number of carbonyl (C=O) groups excluding carboxylic acids is 1. The van der Waals surface area contributed by atoms with Crippen LogP contribution in [-0.4, -0.2) is 38.5 Å². The fourth-order valence-corrected chi connectivity index (χ4v) is 1.33. The van der Waals surface area contributed by atoms with Crippen molar-refractivity contribution in [1.29, 1.82) is 0 Å². The largest absolute Gasteiger partial charge is 0.491 e. The van der Waals surface area contributed by atoms with Gasteiger partial charge in [-0.1, -0.05) is 0 Å². The molecular formula is C13H16O5. The number of esters is 1. The van der Waals surface area contributed by atoms with Crippen LogP contribution < -0.4 is 9.47 Å². The molecule has 0 bridgehead atoms. The fraction of sp³-hybridized carbons (Fsp3) is 0.462. The molecule has 0 saturated carbocycles. The molecule has 1 aliphatic rings. The standard InChI is InChI=1S/C13H16O5/c1-2-15-13(14)9-18-11-5-3-10(4-6-11)16-7-12-8-17-12/h3-6,12H,2,7-9H2,1H3. The summed E-state index contributed by atoms with van der Waals surface area (Å²) in [5, 5.41) is 0. The van der Waals surface area contributed by atoms with E-state index in [1.807, 2.05) is 0 Å². The summed E-state index contributed by atoms with van der Waals surface area (Å²) in [5.41, 5.74) is 0. The maximum Gasteiger partial charge on any atom is 0.344 e. The third-order valence-corrected chi connectivity index (χ3v) is 2.32. The molecule has 5 nitrogen and oxygen atoms in total. The second kappa shape index (κ2) is 6.26. The highest BCUT2D eigenvalue weighted by molar-refractivity contribution is 5.71. The lowest BCUT2D eigenvalue weighted by Gasteiger charge is -2.07. The minimum Gasteiger partial charge on any atom is -0.491 e. The van der Waals surface area contributed by atoms with E-state index in [9.17, 15) is 4.79 Å². The Hall–Kier alpha value is -1.75. The highest BCUT2D eigenvalue weighted by Gasteiger charge is 2.22. The molecule has 2 rings (SSSR count).